The van der Waals surface area contributed by atoms with E-state index in [-0.39, 0.29) is 25.4 Å². The summed E-state index contributed by atoms with van der Waals surface area (Å²) in [6.45, 7) is -1.94. The van der Waals surface area contributed by atoms with Crippen LogP contribution in [0.5, 0.6) is 0 Å². The van der Waals surface area contributed by atoms with Crippen molar-refractivity contribution in [3.8, 4) is 0 Å². The van der Waals surface area contributed by atoms with Gasteiger partial charge in [-0.1, -0.05) is 0 Å². The molecule has 2 fully saturated rings. The van der Waals surface area contributed by atoms with Crippen molar-refractivity contribution in [3.05, 3.63) is 0 Å². The van der Waals surface area contributed by atoms with E-state index in [4.69, 9.17) is 0 Å². The first-order chi connectivity index (χ1) is 9.48. The molecule has 0 aromatic heterocycles. The molecule has 2 N–H and O–H groups in total. The summed E-state index contributed by atoms with van der Waals surface area (Å²) in [4.78, 5) is 12.5. The lowest BCUT2D eigenvalue weighted by Gasteiger charge is -2.33. The number of alkyl halides is 6. The summed E-state index contributed by atoms with van der Waals surface area (Å²) in [6, 6.07) is -0.933. The molecule has 0 bridgehead atoms. The Morgan fingerprint density at radius 1 is 1.18 bits per heavy atom. The number of likely N-dealkylation sites (tertiary alicyclic amines) is 1. The van der Waals surface area contributed by atoms with Gasteiger partial charge >= 0.3 is 12.4 Å². The molecule has 0 radical (unpaired) electrons. The monoisotopic (exact) mass is 356 g/mol. The lowest BCUT2D eigenvalue weighted by atomic mass is 9.85. The van der Waals surface area contributed by atoms with Gasteiger partial charge in [-0.3, -0.25) is 4.79 Å². The molecule has 11 heteroatoms. The van der Waals surface area contributed by atoms with Crippen molar-refractivity contribution < 1.29 is 36.2 Å². The molecule has 22 heavy (non-hydrogen) atoms. The van der Waals surface area contributed by atoms with Gasteiger partial charge in [0, 0.05) is 19.6 Å². The van der Waals surface area contributed by atoms with Gasteiger partial charge in [0.15, 0.2) is 5.41 Å². The molecule has 130 valence electrons. The molecule has 2 unspecified atom stereocenters. The number of nitrogens with zero attached hydrogens (tertiary/aromatic N) is 1. The van der Waals surface area contributed by atoms with E-state index >= 15 is 0 Å². The predicted molar refractivity (Wildman–Crippen MR) is 65.4 cm³/mol. The molecule has 2 rings (SSSR count). The Hall–Kier alpha value is -0.740. The third kappa shape index (κ3) is 3.13. The Labute approximate surface area is 128 Å². The Balaban J connectivity index is 0.00000242. The molecule has 0 spiro atoms. The SMILES string of the molecule is Cl.O=C(C1CC(O)CN1)N1CCC(C(F)(F)F)(C(F)(F)F)C1. The maximum Gasteiger partial charge on any atom is 0.404 e. The molecule has 2 heterocycles. The van der Waals surface area contributed by atoms with E-state index in [1.165, 1.54) is 0 Å². The van der Waals surface area contributed by atoms with Gasteiger partial charge in [0.2, 0.25) is 5.91 Å². The van der Waals surface area contributed by atoms with Gasteiger partial charge in [0.1, 0.15) is 0 Å². The van der Waals surface area contributed by atoms with Crippen LogP contribution in [0.1, 0.15) is 12.8 Å². The van der Waals surface area contributed by atoms with Crippen molar-refractivity contribution in [2.24, 2.45) is 5.41 Å². The van der Waals surface area contributed by atoms with Crippen LogP contribution in [-0.2, 0) is 4.79 Å². The summed E-state index contributed by atoms with van der Waals surface area (Å²) in [5.41, 5.74) is -3.87. The number of aliphatic hydroxyl groups is 1. The second-order valence-electron chi connectivity index (χ2n) is 5.44. The summed E-state index contributed by atoms with van der Waals surface area (Å²) in [5, 5.41) is 11.8. The molecule has 0 aromatic rings. The minimum absolute atomic E-state index is 0. The zero-order valence-electron chi connectivity index (χ0n) is 11.2. The molecule has 0 aromatic carbocycles. The first-order valence-corrected chi connectivity index (χ1v) is 6.32. The highest BCUT2D eigenvalue weighted by molar-refractivity contribution is 5.85. The van der Waals surface area contributed by atoms with E-state index in [0.29, 0.717) is 4.90 Å². The molecule has 2 aliphatic rings. The van der Waals surface area contributed by atoms with Crippen molar-refractivity contribution in [2.75, 3.05) is 19.6 Å². The number of rotatable bonds is 1. The number of hydrogen-bond donors (Lipinski definition) is 2. The summed E-state index contributed by atoms with van der Waals surface area (Å²) in [6.07, 6.45) is -13.0. The van der Waals surface area contributed by atoms with Crippen LogP contribution in [0, 0.1) is 5.41 Å². The number of amides is 1. The Kier molecular flexibility index (Phi) is 5.30. The maximum absolute atomic E-state index is 12.9. The van der Waals surface area contributed by atoms with Gasteiger partial charge in [-0.2, -0.15) is 26.3 Å². The average Bonchev–Trinajstić information content (AvgIpc) is 2.92. The van der Waals surface area contributed by atoms with E-state index in [2.05, 4.69) is 5.32 Å². The third-order valence-electron chi connectivity index (χ3n) is 4.07. The normalized spacial score (nSPS) is 28.6. The lowest BCUT2D eigenvalue weighted by Crippen LogP contribution is -2.53. The largest absolute Gasteiger partial charge is 0.404 e. The molecule has 2 atom stereocenters. The highest BCUT2D eigenvalue weighted by Crippen LogP contribution is 2.55. The number of hydrogen-bond acceptors (Lipinski definition) is 3. The Morgan fingerprint density at radius 3 is 2.09 bits per heavy atom. The van der Waals surface area contributed by atoms with Crippen LogP contribution >= 0.6 is 12.4 Å². The number of carbonyl (C=O) groups excluding carboxylic acids is 1. The molecule has 2 saturated heterocycles. The van der Waals surface area contributed by atoms with Crippen LogP contribution in [0.2, 0.25) is 0 Å². The quantitative estimate of drug-likeness (QED) is 0.700. The Bertz CT molecular complexity index is 414. The van der Waals surface area contributed by atoms with Gasteiger partial charge in [0.25, 0.3) is 0 Å². The lowest BCUT2D eigenvalue weighted by molar-refractivity contribution is -0.334. The number of halogens is 7. The minimum Gasteiger partial charge on any atom is -0.392 e. The van der Waals surface area contributed by atoms with Crippen molar-refractivity contribution >= 4 is 18.3 Å². The van der Waals surface area contributed by atoms with Crippen molar-refractivity contribution in [1.29, 1.82) is 0 Å². The third-order valence-corrected chi connectivity index (χ3v) is 4.07. The molecular formula is C11H15ClF6N2O2. The smallest absolute Gasteiger partial charge is 0.392 e. The zero-order chi connectivity index (χ0) is 16.1. The topological polar surface area (TPSA) is 52.6 Å². The highest BCUT2D eigenvalue weighted by Gasteiger charge is 2.73. The van der Waals surface area contributed by atoms with E-state index in [1.807, 2.05) is 0 Å². The molecule has 0 saturated carbocycles. The average molecular weight is 357 g/mol. The van der Waals surface area contributed by atoms with Gasteiger partial charge in [-0.15, -0.1) is 12.4 Å². The number of aliphatic hydroxyl groups excluding tert-OH is 1. The molecule has 1 amide bonds. The minimum atomic E-state index is -5.47. The van der Waals surface area contributed by atoms with Crippen molar-refractivity contribution in [1.82, 2.24) is 10.2 Å². The number of nitrogens with one attached hydrogen (secondary N) is 1. The van der Waals surface area contributed by atoms with Gasteiger partial charge in [0.05, 0.1) is 12.1 Å². The Morgan fingerprint density at radius 2 is 1.73 bits per heavy atom. The van der Waals surface area contributed by atoms with E-state index in [9.17, 15) is 36.2 Å². The van der Waals surface area contributed by atoms with Crippen LogP contribution in [0.4, 0.5) is 26.3 Å². The maximum atomic E-state index is 12.9. The second-order valence-corrected chi connectivity index (χ2v) is 5.44. The fourth-order valence-corrected chi connectivity index (χ4v) is 2.75. The van der Waals surface area contributed by atoms with Crippen molar-refractivity contribution in [3.63, 3.8) is 0 Å². The van der Waals surface area contributed by atoms with Crippen LogP contribution in [0.3, 0.4) is 0 Å². The number of β-amino-alcohol motifs (C(OH)–C–C–N with tert-alkyl or cyclic N) is 1. The molecule has 4 nitrogen and oxygen atoms in total. The molecule has 0 aliphatic carbocycles. The van der Waals surface area contributed by atoms with Crippen LogP contribution in [0.25, 0.3) is 0 Å². The molecular weight excluding hydrogens is 342 g/mol. The van der Waals surface area contributed by atoms with Gasteiger partial charge in [-0.05, 0) is 12.8 Å². The van der Waals surface area contributed by atoms with Crippen LogP contribution < -0.4 is 5.32 Å². The summed E-state index contributed by atoms with van der Waals surface area (Å²) >= 11 is 0. The summed E-state index contributed by atoms with van der Waals surface area (Å²) < 4.78 is 77.2. The highest BCUT2D eigenvalue weighted by atomic mass is 35.5. The van der Waals surface area contributed by atoms with E-state index in [1.54, 1.807) is 0 Å². The van der Waals surface area contributed by atoms with Gasteiger partial charge < -0.3 is 15.3 Å². The molecule has 2 aliphatic heterocycles. The van der Waals surface area contributed by atoms with E-state index in [0.717, 1.165) is 0 Å². The number of carbonyl (C=O) groups is 1. The zero-order valence-corrected chi connectivity index (χ0v) is 12.0. The standard InChI is InChI=1S/C11H14F6N2O2.ClH/c12-10(13,14)9(11(15,16)17)1-2-19(5-9)8(21)7-3-6(20)4-18-7;/h6-7,18,20H,1-5H2;1H. The summed E-state index contributed by atoms with van der Waals surface area (Å²) in [7, 11) is 0. The van der Waals surface area contributed by atoms with Crippen LogP contribution in [0.15, 0.2) is 0 Å². The predicted octanol–water partition coefficient (Wildman–Crippen LogP) is 1.47. The van der Waals surface area contributed by atoms with Gasteiger partial charge in [-0.25, -0.2) is 0 Å². The van der Waals surface area contributed by atoms with Crippen molar-refractivity contribution in [2.45, 2.75) is 37.3 Å². The first-order valence-electron chi connectivity index (χ1n) is 6.32. The summed E-state index contributed by atoms with van der Waals surface area (Å²) in [5.74, 6) is -0.832. The fraction of sp³-hybridized carbons (Fsp3) is 0.909. The first kappa shape index (κ1) is 19.3. The fourth-order valence-electron chi connectivity index (χ4n) is 2.75. The second kappa shape index (κ2) is 6.04. The van der Waals surface area contributed by atoms with E-state index < -0.39 is 55.3 Å². The van der Waals surface area contributed by atoms with Crippen LogP contribution in [-0.4, -0.2) is 60.0 Å².